The second-order valence-corrected chi connectivity index (χ2v) is 5.31. The van der Waals surface area contributed by atoms with E-state index < -0.39 is 0 Å². The van der Waals surface area contributed by atoms with Crippen molar-refractivity contribution in [3.8, 4) is 0 Å². The summed E-state index contributed by atoms with van der Waals surface area (Å²) < 4.78 is 4.98. The fourth-order valence-electron chi connectivity index (χ4n) is 2.50. The van der Waals surface area contributed by atoms with Gasteiger partial charge in [-0.25, -0.2) is 0 Å². The Balaban J connectivity index is 2.17. The molecule has 1 aliphatic carbocycles. The first-order valence-electron chi connectivity index (χ1n) is 6.84. The third kappa shape index (κ3) is 6.33. The summed E-state index contributed by atoms with van der Waals surface area (Å²) in [5, 5.41) is 3.10. The minimum atomic E-state index is -0.0394. The average Bonchev–Trinajstić information content (AvgIpc) is 2.29. The van der Waals surface area contributed by atoms with Crippen molar-refractivity contribution in [2.45, 2.75) is 44.2 Å². The topological polar surface area (TPSA) is 67.6 Å². The van der Waals surface area contributed by atoms with E-state index in [1.807, 2.05) is 11.9 Å². The Bertz CT molecular complexity index is 242. The molecule has 0 bridgehead atoms. The molecule has 5 nitrogen and oxygen atoms in total. The number of carbonyl (C=O) groups excluding carboxylic acids is 1. The molecule has 1 unspecified atom stereocenters. The molecular weight excluding hydrogens is 230 g/mol. The van der Waals surface area contributed by atoms with Crippen molar-refractivity contribution in [1.29, 1.82) is 0 Å². The van der Waals surface area contributed by atoms with Gasteiger partial charge in [-0.15, -0.1) is 0 Å². The minimum Gasteiger partial charge on any atom is -0.383 e. The highest BCUT2D eigenvalue weighted by molar-refractivity contribution is 5.78. The molecule has 0 radical (unpaired) electrons. The Morgan fingerprint density at radius 2 is 2.11 bits per heavy atom. The molecule has 0 saturated heterocycles. The number of carbonyl (C=O) groups is 1. The van der Waals surface area contributed by atoms with Gasteiger partial charge in [0, 0.05) is 25.7 Å². The first-order valence-corrected chi connectivity index (χ1v) is 6.84. The molecule has 18 heavy (non-hydrogen) atoms. The summed E-state index contributed by atoms with van der Waals surface area (Å²) in [6.07, 6.45) is 6.02. The van der Waals surface area contributed by atoms with E-state index >= 15 is 0 Å². The van der Waals surface area contributed by atoms with Crippen LogP contribution >= 0.6 is 0 Å². The van der Waals surface area contributed by atoms with Crippen LogP contribution in [-0.4, -0.2) is 56.7 Å². The molecule has 1 saturated carbocycles. The van der Waals surface area contributed by atoms with E-state index in [1.165, 1.54) is 19.3 Å². The number of amides is 1. The monoisotopic (exact) mass is 257 g/mol. The van der Waals surface area contributed by atoms with Crippen LogP contribution in [0.25, 0.3) is 0 Å². The number of methoxy groups -OCH3 is 1. The summed E-state index contributed by atoms with van der Waals surface area (Å²) in [4.78, 5) is 13.8. The van der Waals surface area contributed by atoms with Crippen LogP contribution in [0.3, 0.4) is 0 Å². The SMILES string of the molecule is COCC(N)CN(C)CC(=O)NC1CCCCC1. The summed E-state index contributed by atoms with van der Waals surface area (Å²) >= 11 is 0. The maximum Gasteiger partial charge on any atom is 0.234 e. The minimum absolute atomic E-state index is 0.0394. The lowest BCUT2D eigenvalue weighted by Gasteiger charge is -2.25. The van der Waals surface area contributed by atoms with Crippen LogP contribution in [0.4, 0.5) is 0 Å². The molecule has 0 aromatic carbocycles. The van der Waals surface area contributed by atoms with Gasteiger partial charge >= 0.3 is 0 Å². The van der Waals surface area contributed by atoms with Gasteiger partial charge in [0.15, 0.2) is 0 Å². The molecule has 3 N–H and O–H groups in total. The third-order valence-corrected chi connectivity index (χ3v) is 3.31. The van der Waals surface area contributed by atoms with E-state index in [9.17, 15) is 4.79 Å². The zero-order valence-corrected chi connectivity index (χ0v) is 11.7. The van der Waals surface area contributed by atoms with Gasteiger partial charge in [0.2, 0.25) is 5.91 Å². The lowest BCUT2D eigenvalue weighted by atomic mass is 9.95. The highest BCUT2D eigenvalue weighted by Crippen LogP contribution is 2.17. The van der Waals surface area contributed by atoms with Crippen LogP contribution in [0.1, 0.15) is 32.1 Å². The molecule has 1 aliphatic rings. The lowest BCUT2D eigenvalue weighted by Crippen LogP contribution is -2.45. The summed E-state index contributed by atoms with van der Waals surface area (Å²) in [6.45, 7) is 1.61. The fourth-order valence-corrected chi connectivity index (χ4v) is 2.50. The smallest absolute Gasteiger partial charge is 0.234 e. The number of nitrogens with zero attached hydrogens (tertiary/aromatic N) is 1. The molecule has 0 spiro atoms. The Kier molecular flexibility index (Phi) is 7.23. The number of nitrogens with one attached hydrogen (secondary N) is 1. The van der Waals surface area contributed by atoms with Crippen molar-refractivity contribution in [1.82, 2.24) is 10.2 Å². The highest BCUT2D eigenvalue weighted by atomic mass is 16.5. The number of ether oxygens (including phenoxy) is 1. The predicted octanol–water partition coefficient (Wildman–Crippen LogP) is 0.341. The van der Waals surface area contributed by atoms with E-state index in [0.717, 1.165) is 12.8 Å². The molecule has 106 valence electrons. The number of rotatable bonds is 7. The molecule has 0 aromatic heterocycles. The maximum absolute atomic E-state index is 11.8. The average molecular weight is 257 g/mol. The van der Waals surface area contributed by atoms with E-state index in [1.54, 1.807) is 7.11 Å². The Morgan fingerprint density at radius 3 is 2.72 bits per heavy atom. The second kappa shape index (κ2) is 8.45. The van der Waals surface area contributed by atoms with Gasteiger partial charge in [0.1, 0.15) is 0 Å². The van der Waals surface area contributed by atoms with Crippen LogP contribution < -0.4 is 11.1 Å². The number of likely N-dealkylation sites (N-methyl/N-ethyl adjacent to an activating group) is 1. The van der Waals surface area contributed by atoms with Crippen LogP contribution in [0.2, 0.25) is 0 Å². The molecule has 1 fully saturated rings. The van der Waals surface area contributed by atoms with Gasteiger partial charge in [-0.05, 0) is 19.9 Å². The largest absolute Gasteiger partial charge is 0.383 e. The first kappa shape index (κ1) is 15.4. The molecule has 1 atom stereocenters. The molecular formula is C13H27N3O2. The number of hydrogen-bond acceptors (Lipinski definition) is 4. The Morgan fingerprint density at radius 1 is 1.44 bits per heavy atom. The van der Waals surface area contributed by atoms with Crippen molar-refractivity contribution in [3.05, 3.63) is 0 Å². The van der Waals surface area contributed by atoms with Crippen LogP contribution in [-0.2, 0) is 9.53 Å². The molecule has 0 aliphatic heterocycles. The molecule has 0 heterocycles. The van der Waals surface area contributed by atoms with Gasteiger partial charge in [-0.2, -0.15) is 0 Å². The summed E-state index contributed by atoms with van der Waals surface area (Å²) in [5.74, 6) is 0.106. The van der Waals surface area contributed by atoms with E-state index in [0.29, 0.717) is 25.7 Å². The standard InChI is InChI=1S/C13H27N3O2/c1-16(8-11(14)10-18-2)9-13(17)15-12-6-4-3-5-7-12/h11-12H,3-10,14H2,1-2H3,(H,15,17). The summed E-state index contributed by atoms with van der Waals surface area (Å²) in [7, 11) is 3.55. The second-order valence-electron chi connectivity index (χ2n) is 5.31. The summed E-state index contributed by atoms with van der Waals surface area (Å²) in [5.41, 5.74) is 5.85. The molecule has 1 rings (SSSR count). The van der Waals surface area contributed by atoms with Gasteiger partial charge in [0.05, 0.1) is 13.2 Å². The van der Waals surface area contributed by atoms with Crippen molar-refractivity contribution in [2.24, 2.45) is 5.73 Å². The van der Waals surface area contributed by atoms with Crippen LogP contribution in [0.5, 0.6) is 0 Å². The van der Waals surface area contributed by atoms with E-state index in [2.05, 4.69) is 5.32 Å². The number of nitrogens with two attached hydrogens (primary N) is 1. The molecule has 5 heteroatoms. The molecule has 0 aromatic rings. The van der Waals surface area contributed by atoms with Crippen LogP contribution in [0.15, 0.2) is 0 Å². The van der Waals surface area contributed by atoms with E-state index in [4.69, 9.17) is 10.5 Å². The highest BCUT2D eigenvalue weighted by Gasteiger charge is 2.17. The lowest BCUT2D eigenvalue weighted by molar-refractivity contribution is -0.122. The Labute approximate surface area is 110 Å². The third-order valence-electron chi connectivity index (χ3n) is 3.31. The van der Waals surface area contributed by atoms with Crippen molar-refractivity contribution in [2.75, 3.05) is 33.9 Å². The van der Waals surface area contributed by atoms with Crippen molar-refractivity contribution >= 4 is 5.91 Å². The first-order chi connectivity index (χ1) is 8.61. The van der Waals surface area contributed by atoms with Gasteiger partial charge < -0.3 is 15.8 Å². The molecule has 1 amide bonds. The zero-order valence-electron chi connectivity index (χ0n) is 11.7. The predicted molar refractivity (Wildman–Crippen MR) is 72.4 cm³/mol. The van der Waals surface area contributed by atoms with Crippen LogP contribution in [0, 0.1) is 0 Å². The quantitative estimate of drug-likeness (QED) is 0.690. The van der Waals surface area contributed by atoms with E-state index in [-0.39, 0.29) is 11.9 Å². The van der Waals surface area contributed by atoms with Crippen molar-refractivity contribution in [3.63, 3.8) is 0 Å². The maximum atomic E-state index is 11.8. The Hall–Kier alpha value is -0.650. The van der Waals surface area contributed by atoms with Gasteiger partial charge in [0.25, 0.3) is 0 Å². The number of hydrogen-bond donors (Lipinski definition) is 2. The zero-order chi connectivity index (χ0) is 13.4. The normalized spacial score (nSPS) is 18.9. The summed E-state index contributed by atoms with van der Waals surface area (Å²) in [6, 6.07) is 0.342. The fraction of sp³-hybridized carbons (Fsp3) is 0.923. The van der Waals surface area contributed by atoms with Gasteiger partial charge in [-0.3, -0.25) is 9.69 Å². The van der Waals surface area contributed by atoms with Crippen molar-refractivity contribution < 1.29 is 9.53 Å². The van der Waals surface area contributed by atoms with Gasteiger partial charge in [-0.1, -0.05) is 19.3 Å².